The number of nitrogens with one attached hydrogen (secondary N) is 2. The van der Waals surface area contributed by atoms with Gasteiger partial charge in [0.25, 0.3) is 17.7 Å². The van der Waals surface area contributed by atoms with Crippen LogP contribution in [0.3, 0.4) is 0 Å². The van der Waals surface area contributed by atoms with Crippen molar-refractivity contribution in [1.29, 1.82) is 0 Å². The monoisotopic (exact) mass is 429 g/mol. The summed E-state index contributed by atoms with van der Waals surface area (Å²) in [7, 11) is 0. The van der Waals surface area contributed by atoms with Gasteiger partial charge in [-0.2, -0.15) is 0 Å². The Morgan fingerprint density at radius 1 is 0.719 bits per heavy atom. The van der Waals surface area contributed by atoms with Crippen LogP contribution in [0.25, 0.3) is 0 Å². The number of benzene rings is 3. The summed E-state index contributed by atoms with van der Waals surface area (Å²) >= 11 is 0. The summed E-state index contributed by atoms with van der Waals surface area (Å²) in [4.78, 5) is 39.9. The normalized spacial score (nSPS) is 13.3. The van der Waals surface area contributed by atoms with E-state index in [0.717, 1.165) is 0 Å². The van der Waals surface area contributed by atoms with E-state index in [1.165, 1.54) is 0 Å². The zero-order valence-electron chi connectivity index (χ0n) is 17.4. The van der Waals surface area contributed by atoms with Crippen molar-refractivity contribution in [2.75, 3.05) is 36.9 Å². The summed E-state index contributed by atoms with van der Waals surface area (Å²) < 4.78 is 5.31. The molecule has 0 unspecified atom stereocenters. The van der Waals surface area contributed by atoms with Crippen molar-refractivity contribution in [2.24, 2.45) is 0 Å². The fraction of sp³-hybridized carbons (Fsp3) is 0.160. The maximum absolute atomic E-state index is 12.9. The van der Waals surface area contributed by atoms with E-state index < -0.39 is 0 Å². The van der Waals surface area contributed by atoms with E-state index in [1.807, 2.05) is 6.07 Å². The number of nitrogens with zero attached hydrogens (tertiary/aromatic N) is 1. The summed E-state index contributed by atoms with van der Waals surface area (Å²) in [5.74, 6) is -0.777. The summed E-state index contributed by atoms with van der Waals surface area (Å²) in [5.41, 5.74) is 2.26. The molecule has 1 aliphatic rings. The summed E-state index contributed by atoms with van der Waals surface area (Å²) in [6.07, 6.45) is 0. The summed E-state index contributed by atoms with van der Waals surface area (Å²) in [6.45, 7) is 2.04. The largest absolute Gasteiger partial charge is 0.378 e. The Hall–Kier alpha value is -3.97. The third-order valence-electron chi connectivity index (χ3n) is 5.12. The van der Waals surface area contributed by atoms with Gasteiger partial charge >= 0.3 is 0 Å². The molecule has 0 atom stereocenters. The molecule has 0 aromatic heterocycles. The lowest BCUT2D eigenvalue weighted by Crippen LogP contribution is -2.41. The number of hydrogen-bond donors (Lipinski definition) is 2. The SMILES string of the molecule is O=C(Nc1cccc(C(=O)Nc2ccccc2C(=O)N2CCOCC2)c1)c1ccccc1. The zero-order chi connectivity index (χ0) is 22.3. The molecule has 1 aliphatic heterocycles. The molecule has 4 rings (SSSR count). The van der Waals surface area contributed by atoms with Crippen molar-refractivity contribution in [3.8, 4) is 0 Å². The van der Waals surface area contributed by atoms with Crippen molar-refractivity contribution in [1.82, 2.24) is 4.90 Å². The van der Waals surface area contributed by atoms with Gasteiger partial charge in [-0.25, -0.2) is 0 Å². The predicted octanol–water partition coefficient (Wildman–Crippen LogP) is 3.66. The first-order valence-corrected chi connectivity index (χ1v) is 10.4. The number of carbonyl (C=O) groups excluding carboxylic acids is 3. The molecule has 0 bridgehead atoms. The van der Waals surface area contributed by atoms with Gasteiger partial charge in [0.15, 0.2) is 0 Å². The van der Waals surface area contributed by atoms with E-state index in [1.54, 1.807) is 77.7 Å². The van der Waals surface area contributed by atoms with E-state index in [4.69, 9.17) is 4.74 Å². The zero-order valence-corrected chi connectivity index (χ0v) is 17.4. The average molecular weight is 429 g/mol. The Morgan fingerprint density at radius 3 is 2.16 bits per heavy atom. The van der Waals surface area contributed by atoms with Crippen LogP contribution in [-0.2, 0) is 4.74 Å². The molecule has 3 amide bonds. The highest BCUT2D eigenvalue weighted by molar-refractivity contribution is 6.10. The molecule has 2 N–H and O–H groups in total. The molecule has 0 saturated carbocycles. The smallest absolute Gasteiger partial charge is 0.256 e. The van der Waals surface area contributed by atoms with Gasteiger partial charge in [0.1, 0.15) is 0 Å². The lowest BCUT2D eigenvalue weighted by atomic mass is 10.1. The predicted molar refractivity (Wildman–Crippen MR) is 122 cm³/mol. The molecule has 1 saturated heterocycles. The number of amides is 3. The van der Waals surface area contributed by atoms with E-state index in [-0.39, 0.29) is 17.7 Å². The van der Waals surface area contributed by atoms with Gasteiger partial charge in [-0.05, 0) is 42.5 Å². The maximum atomic E-state index is 12.9. The Balaban J connectivity index is 1.48. The highest BCUT2D eigenvalue weighted by Gasteiger charge is 2.22. The number of morpholine rings is 1. The van der Waals surface area contributed by atoms with E-state index in [9.17, 15) is 14.4 Å². The van der Waals surface area contributed by atoms with E-state index in [0.29, 0.717) is 54.4 Å². The van der Waals surface area contributed by atoms with Crippen LogP contribution in [0.2, 0.25) is 0 Å². The molecular formula is C25H23N3O4. The molecule has 7 nitrogen and oxygen atoms in total. The highest BCUT2D eigenvalue weighted by Crippen LogP contribution is 2.20. The van der Waals surface area contributed by atoms with Gasteiger partial charge in [-0.1, -0.05) is 36.4 Å². The second-order valence-electron chi connectivity index (χ2n) is 7.31. The number of rotatable bonds is 5. The van der Waals surface area contributed by atoms with Crippen molar-refractivity contribution < 1.29 is 19.1 Å². The highest BCUT2D eigenvalue weighted by atomic mass is 16.5. The fourth-order valence-corrected chi connectivity index (χ4v) is 3.44. The first-order valence-electron chi connectivity index (χ1n) is 10.4. The van der Waals surface area contributed by atoms with Crippen LogP contribution in [0.5, 0.6) is 0 Å². The van der Waals surface area contributed by atoms with E-state index >= 15 is 0 Å². The summed E-state index contributed by atoms with van der Waals surface area (Å²) in [6, 6.07) is 22.4. The van der Waals surface area contributed by atoms with Crippen LogP contribution < -0.4 is 10.6 Å². The molecule has 0 aliphatic carbocycles. The van der Waals surface area contributed by atoms with Crippen LogP contribution in [0.15, 0.2) is 78.9 Å². The van der Waals surface area contributed by atoms with Crippen LogP contribution in [-0.4, -0.2) is 48.9 Å². The number of ether oxygens (including phenoxy) is 1. The molecule has 1 heterocycles. The molecular weight excluding hydrogens is 406 g/mol. The molecule has 1 fully saturated rings. The van der Waals surface area contributed by atoms with Gasteiger partial charge in [-0.3, -0.25) is 14.4 Å². The van der Waals surface area contributed by atoms with Crippen molar-refractivity contribution in [3.05, 3.63) is 95.6 Å². The third-order valence-corrected chi connectivity index (χ3v) is 5.12. The van der Waals surface area contributed by atoms with Crippen molar-refractivity contribution >= 4 is 29.1 Å². The molecule has 3 aromatic rings. The first kappa shape index (κ1) is 21.3. The third kappa shape index (κ3) is 5.01. The summed E-state index contributed by atoms with van der Waals surface area (Å²) in [5, 5.41) is 5.63. The molecule has 0 radical (unpaired) electrons. The standard InChI is InChI=1S/C25H23N3O4/c29-23(18-7-2-1-3-8-18)26-20-10-6-9-19(17-20)24(30)27-22-12-5-4-11-21(22)25(31)28-13-15-32-16-14-28/h1-12,17H,13-16H2,(H,26,29)(H,27,30). The van der Waals surface area contributed by atoms with Gasteiger partial charge in [0.2, 0.25) is 0 Å². The van der Waals surface area contributed by atoms with E-state index in [2.05, 4.69) is 10.6 Å². The first-order chi connectivity index (χ1) is 15.6. The topological polar surface area (TPSA) is 87.7 Å². The number of para-hydroxylation sites is 1. The van der Waals surface area contributed by atoms with Gasteiger partial charge in [-0.15, -0.1) is 0 Å². The Bertz CT molecular complexity index is 1120. The van der Waals surface area contributed by atoms with Crippen LogP contribution >= 0.6 is 0 Å². The van der Waals surface area contributed by atoms with Gasteiger partial charge in [0.05, 0.1) is 24.5 Å². The Morgan fingerprint density at radius 2 is 1.38 bits per heavy atom. The average Bonchev–Trinajstić information content (AvgIpc) is 2.85. The number of anilines is 2. The maximum Gasteiger partial charge on any atom is 0.256 e. The molecule has 0 spiro atoms. The molecule has 7 heteroatoms. The minimum atomic E-state index is -0.372. The Labute approximate surface area is 186 Å². The van der Waals surface area contributed by atoms with Gasteiger partial charge in [0, 0.05) is 29.9 Å². The lowest BCUT2D eigenvalue weighted by molar-refractivity contribution is 0.0303. The van der Waals surface area contributed by atoms with Crippen LogP contribution in [0.4, 0.5) is 11.4 Å². The quantitative estimate of drug-likeness (QED) is 0.648. The number of carbonyl (C=O) groups is 3. The minimum Gasteiger partial charge on any atom is -0.378 e. The van der Waals surface area contributed by atoms with Crippen LogP contribution in [0.1, 0.15) is 31.1 Å². The molecule has 32 heavy (non-hydrogen) atoms. The fourth-order valence-electron chi connectivity index (χ4n) is 3.44. The number of hydrogen-bond acceptors (Lipinski definition) is 4. The second kappa shape index (κ2) is 9.89. The van der Waals surface area contributed by atoms with Crippen molar-refractivity contribution in [2.45, 2.75) is 0 Å². The molecule has 3 aromatic carbocycles. The van der Waals surface area contributed by atoms with Gasteiger partial charge < -0.3 is 20.3 Å². The Kier molecular flexibility index (Phi) is 6.57. The van der Waals surface area contributed by atoms with Crippen molar-refractivity contribution in [3.63, 3.8) is 0 Å². The second-order valence-corrected chi connectivity index (χ2v) is 7.31. The molecule has 162 valence electrons. The lowest BCUT2D eigenvalue weighted by Gasteiger charge is -2.27. The van der Waals surface area contributed by atoms with Crippen LogP contribution in [0, 0.1) is 0 Å². The minimum absolute atomic E-state index is 0.145.